The van der Waals surface area contributed by atoms with Crippen molar-refractivity contribution in [1.82, 2.24) is 5.32 Å². The van der Waals surface area contributed by atoms with E-state index in [1.54, 1.807) is 24.3 Å². The van der Waals surface area contributed by atoms with Crippen molar-refractivity contribution >= 4 is 26.0 Å². The first-order chi connectivity index (χ1) is 10.4. The van der Waals surface area contributed by atoms with Gasteiger partial charge in [0.05, 0.1) is 12.6 Å². The fourth-order valence-corrected chi connectivity index (χ4v) is 3.04. The van der Waals surface area contributed by atoms with E-state index >= 15 is 0 Å². The predicted molar refractivity (Wildman–Crippen MR) is 94.5 cm³/mol. The molecule has 0 saturated carbocycles. The van der Waals surface area contributed by atoms with Crippen molar-refractivity contribution in [2.45, 2.75) is 51.0 Å². The Kier molecular flexibility index (Phi) is 6.65. The van der Waals surface area contributed by atoms with Crippen LogP contribution in [0.4, 0.5) is 4.79 Å². The summed E-state index contributed by atoms with van der Waals surface area (Å²) >= 11 is 5.94. The average Bonchev–Trinajstić information content (AvgIpc) is 2.41. The third kappa shape index (κ3) is 5.80. The highest BCUT2D eigenvalue weighted by Gasteiger charge is 2.38. The Morgan fingerprint density at radius 1 is 1.39 bits per heavy atom. The molecule has 2 atom stereocenters. The normalized spacial score (nSPS) is 15.1. The van der Waals surface area contributed by atoms with Gasteiger partial charge in [-0.1, -0.05) is 44.5 Å². The van der Waals surface area contributed by atoms with Crippen molar-refractivity contribution < 1.29 is 19.4 Å². The summed E-state index contributed by atoms with van der Waals surface area (Å²) in [5.41, 5.74) is 0.551. The highest BCUT2D eigenvalue weighted by molar-refractivity contribution is 6.74. The largest absolute Gasteiger partial charge is 0.465 e. The molecule has 23 heavy (non-hydrogen) atoms. The van der Waals surface area contributed by atoms with Gasteiger partial charge in [0, 0.05) is 5.02 Å². The lowest BCUT2D eigenvalue weighted by Gasteiger charge is -2.37. The molecule has 5 nitrogen and oxygen atoms in total. The van der Waals surface area contributed by atoms with E-state index in [9.17, 15) is 9.90 Å². The number of carbonyl (C=O) groups is 1. The van der Waals surface area contributed by atoms with Crippen LogP contribution in [-0.4, -0.2) is 37.3 Å². The summed E-state index contributed by atoms with van der Waals surface area (Å²) in [5, 5.41) is 22.4. The summed E-state index contributed by atoms with van der Waals surface area (Å²) in [5.74, 6) is 0. The van der Waals surface area contributed by atoms with E-state index in [1.807, 2.05) is 0 Å². The number of carboxylic acid groups (broad SMARTS) is 1. The molecule has 0 aliphatic carbocycles. The lowest BCUT2D eigenvalue weighted by Crippen LogP contribution is -2.48. The summed E-state index contributed by atoms with van der Waals surface area (Å²) < 4.78 is 6.05. The SMILES string of the molecule is CC(C)(C)[Si](C)(C)OCC(NC(=O)O)C(O)c1cccc(Cl)c1. The standard InChI is InChI=1S/C16H26ClNO4Si/c1-16(2,3)23(4,5)22-10-13(18-15(20)21)14(19)11-7-6-8-12(17)9-11/h6-9,13-14,18-19H,10H2,1-5H3,(H,20,21). The van der Waals surface area contributed by atoms with Gasteiger partial charge in [0.1, 0.15) is 6.10 Å². The quantitative estimate of drug-likeness (QED) is 0.670. The van der Waals surface area contributed by atoms with Crippen LogP contribution in [0, 0.1) is 0 Å². The molecule has 0 bridgehead atoms. The van der Waals surface area contributed by atoms with Crippen molar-refractivity contribution in [1.29, 1.82) is 0 Å². The minimum absolute atomic E-state index is 0.00177. The number of rotatable bonds is 6. The van der Waals surface area contributed by atoms with Crippen LogP contribution in [-0.2, 0) is 4.43 Å². The minimum atomic E-state index is -2.05. The molecule has 2 unspecified atom stereocenters. The second-order valence-electron chi connectivity index (χ2n) is 7.13. The second kappa shape index (κ2) is 7.66. The molecule has 1 aromatic rings. The van der Waals surface area contributed by atoms with E-state index < -0.39 is 26.6 Å². The topological polar surface area (TPSA) is 78.8 Å². The Balaban J connectivity index is 2.90. The molecule has 0 aliphatic heterocycles. The third-order valence-electron chi connectivity index (χ3n) is 4.31. The van der Waals surface area contributed by atoms with E-state index in [4.69, 9.17) is 21.1 Å². The van der Waals surface area contributed by atoms with E-state index in [2.05, 4.69) is 39.2 Å². The highest BCUT2D eigenvalue weighted by atomic mass is 35.5. The Hall–Kier alpha value is -1.08. The number of aliphatic hydroxyl groups excluding tert-OH is 1. The van der Waals surface area contributed by atoms with E-state index in [0.717, 1.165) is 0 Å². The van der Waals surface area contributed by atoms with Crippen LogP contribution in [0.1, 0.15) is 32.4 Å². The van der Waals surface area contributed by atoms with Gasteiger partial charge in [-0.15, -0.1) is 0 Å². The van der Waals surface area contributed by atoms with Gasteiger partial charge in [-0.05, 0) is 35.8 Å². The van der Waals surface area contributed by atoms with Crippen molar-refractivity contribution in [2.75, 3.05) is 6.61 Å². The predicted octanol–water partition coefficient (Wildman–Crippen LogP) is 4.03. The molecule has 0 saturated heterocycles. The first-order valence-corrected chi connectivity index (χ1v) is 10.8. The Bertz CT molecular complexity index is 545. The number of benzene rings is 1. The van der Waals surface area contributed by atoms with Crippen LogP contribution in [0.2, 0.25) is 23.2 Å². The maximum absolute atomic E-state index is 11.0. The van der Waals surface area contributed by atoms with Crippen LogP contribution in [0.15, 0.2) is 24.3 Å². The summed E-state index contributed by atoms with van der Waals surface area (Å²) in [6.07, 6.45) is -2.23. The summed E-state index contributed by atoms with van der Waals surface area (Å²) in [7, 11) is -2.05. The van der Waals surface area contributed by atoms with Crippen LogP contribution < -0.4 is 5.32 Å². The van der Waals surface area contributed by atoms with Gasteiger partial charge in [-0.25, -0.2) is 4.79 Å². The zero-order valence-electron chi connectivity index (χ0n) is 14.3. The fraction of sp³-hybridized carbons (Fsp3) is 0.562. The van der Waals surface area contributed by atoms with Crippen molar-refractivity contribution in [3.05, 3.63) is 34.9 Å². The Morgan fingerprint density at radius 2 is 2.00 bits per heavy atom. The number of aliphatic hydroxyl groups is 1. The molecule has 0 fully saturated rings. The molecule has 0 heterocycles. The zero-order chi connectivity index (χ0) is 17.8. The lowest BCUT2D eigenvalue weighted by molar-refractivity contribution is 0.0894. The monoisotopic (exact) mass is 359 g/mol. The molecule has 0 radical (unpaired) electrons. The fourth-order valence-electron chi connectivity index (χ4n) is 1.81. The van der Waals surface area contributed by atoms with E-state index in [-0.39, 0.29) is 11.6 Å². The molecule has 1 amide bonds. The second-order valence-corrected chi connectivity index (χ2v) is 12.4. The molecular weight excluding hydrogens is 334 g/mol. The first-order valence-electron chi connectivity index (χ1n) is 7.51. The third-order valence-corrected chi connectivity index (χ3v) is 9.05. The average molecular weight is 360 g/mol. The summed E-state index contributed by atoms with van der Waals surface area (Å²) in [6, 6.07) is 5.98. The van der Waals surface area contributed by atoms with Crippen molar-refractivity contribution in [3.63, 3.8) is 0 Å². The molecule has 0 spiro atoms. The molecule has 1 rings (SSSR count). The van der Waals surface area contributed by atoms with Gasteiger partial charge in [-0.2, -0.15) is 0 Å². The Labute approximate surface area is 143 Å². The summed E-state index contributed by atoms with van der Waals surface area (Å²) in [4.78, 5) is 11.0. The van der Waals surface area contributed by atoms with Crippen LogP contribution in [0.25, 0.3) is 0 Å². The van der Waals surface area contributed by atoms with Crippen LogP contribution in [0.3, 0.4) is 0 Å². The van der Waals surface area contributed by atoms with Crippen LogP contribution >= 0.6 is 11.6 Å². The van der Waals surface area contributed by atoms with Crippen molar-refractivity contribution in [2.24, 2.45) is 0 Å². The van der Waals surface area contributed by atoms with E-state index in [0.29, 0.717) is 10.6 Å². The summed E-state index contributed by atoms with van der Waals surface area (Å²) in [6.45, 7) is 10.6. The first kappa shape index (κ1) is 20.0. The smallest absolute Gasteiger partial charge is 0.405 e. The minimum Gasteiger partial charge on any atom is -0.465 e. The maximum atomic E-state index is 11.0. The molecular formula is C16H26ClNO4Si. The molecule has 7 heteroatoms. The number of amides is 1. The lowest BCUT2D eigenvalue weighted by atomic mass is 10.0. The molecule has 1 aromatic carbocycles. The van der Waals surface area contributed by atoms with Gasteiger partial charge in [-0.3, -0.25) is 0 Å². The molecule has 0 aromatic heterocycles. The maximum Gasteiger partial charge on any atom is 0.405 e. The van der Waals surface area contributed by atoms with E-state index in [1.165, 1.54) is 0 Å². The van der Waals surface area contributed by atoms with Gasteiger partial charge in [0.2, 0.25) is 0 Å². The van der Waals surface area contributed by atoms with Crippen LogP contribution in [0.5, 0.6) is 0 Å². The number of halogens is 1. The molecule has 0 aliphatic rings. The Morgan fingerprint density at radius 3 is 2.48 bits per heavy atom. The van der Waals surface area contributed by atoms with Gasteiger partial charge in [0.15, 0.2) is 8.32 Å². The zero-order valence-corrected chi connectivity index (χ0v) is 16.0. The number of nitrogens with one attached hydrogen (secondary N) is 1. The molecule has 3 N–H and O–H groups in total. The number of hydrogen-bond donors (Lipinski definition) is 3. The van der Waals surface area contributed by atoms with Crippen molar-refractivity contribution in [3.8, 4) is 0 Å². The van der Waals surface area contributed by atoms with Gasteiger partial charge < -0.3 is 20.0 Å². The number of hydrogen-bond acceptors (Lipinski definition) is 3. The highest BCUT2D eigenvalue weighted by Crippen LogP contribution is 2.37. The molecule has 130 valence electrons. The van der Waals surface area contributed by atoms with Gasteiger partial charge >= 0.3 is 6.09 Å². The van der Waals surface area contributed by atoms with Gasteiger partial charge in [0.25, 0.3) is 0 Å².